The van der Waals surface area contributed by atoms with E-state index < -0.39 is 11.6 Å². The van der Waals surface area contributed by atoms with Gasteiger partial charge in [0.05, 0.1) is 0 Å². The molecule has 1 aromatic rings. The molecule has 0 unspecified atom stereocenters. The number of halogens is 2. The zero-order valence-electron chi connectivity index (χ0n) is 9.72. The smallest absolute Gasteiger partial charge is 0.220 e. The zero-order valence-corrected chi connectivity index (χ0v) is 9.72. The first-order chi connectivity index (χ1) is 8.13. The lowest BCUT2D eigenvalue weighted by molar-refractivity contribution is -0.121. The van der Waals surface area contributed by atoms with Gasteiger partial charge in [-0.3, -0.25) is 4.79 Å². The summed E-state index contributed by atoms with van der Waals surface area (Å²) in [7, 11) is 1.81. The molecule has 0 bridgehead atoms. The molecule has 0 aromatic heterocycles. The number of hydrogen-bond donors (Lipinski definition) is 2. The highest BCUT2D eigenvalue weighted by Crippen LogP contribution is 2.09. The van der Waals surface area contributed by atoms with Gasteiger partial charge in [-0.1, -0.05) is 0 Å². The van der Waals surface area contributed by atoms with Crippen molar-refractivity contribution in [3.8, 4) is 0 Å². The van der Waals surface area contributed by atoms with Gasteiger partial charge in [-0.15, -0.1) is 0 Å². The summed E-state index contributed by atoms with van der Waals surface area (Å²) in [6.07, 6.45) is 1.09. The second-order valence-corrected chi connectivity index (χ2v) is 3.72. The molecule has 0 spiro atoms. The van der Waals surface area contributed by atoms with E-state index in [0.29, 0.717) is 12.8 Å². The fraction of sp³-hybridized carbons (Fsp3) is 0.417. The molecule has 0 radical (unpaired) electrons. The molecule has 0 fully saturated rings. The van der Waals surface area contributed by atoms with E-state index in [-0.39, 0.29) is 18.0 Å². The third-order valence-electron chi connectivity index (χ3n) is 2.31. The molecule has 0 aliphatic heterocycles. The summed E-state index contributed by atoms with van der Waals surface area (Å²) in [5.74, 6) is -1.18. The lowest BCUT2D eigenvalue weighted by Crippen LogP contribution is -2.24. The van der Waals surface area contributed by atoms with Gasteiger partial charge < -0.3 is 10.6 Å². The molecule has 0 saturated heterocycles. The van der Waals surface area contributed by atoms with E-state index in [1.807, 2.05) is 0 Å². The third-order valence-corrected chi connectivity index (χ3v) is 2.31. The van der Waals surface area contributed by atoms with Gasteiger partial charge in [0.15, 0.2) is 0 Å². The molecule has 1 rings (SSSR count). The Labute approximate surface area is 99.2 Å². The topological polar surface area (TPSA) is 41.1 Å². The maximum Gasteiger partial charge on any atom is 0.220 e. The molecule has 94 valence electrons. The monoisotopic (exact) mass is 242 g/mol. The van der Waals surface area contributed by atoms with Crippen molar-refractivity contribution in [3.63, 3.8) is 0 Å². The van der Waals surface area contributed by atoms with Crippen molar-refractivity contribution < 1.29 is 13.6 Å². The highest BCUT2D eigenvalue weighted by Gasteiger charge is 2.06. The normalized spacial score (nSPS) is 10.3. The van der Waals surface area contributed by atoms with E-state index in [1.165, 1.54) is 0 Å². The largest absolute Gasteiger partial charge is 0.352 e. The number of carbonyl (C=O) groups is 1. The van der Waals surface area contributed by atoms with E-state index in [0.717, 1.165) is 24.7 Å². The van der Waals surface area contributed by atoms with Crippen LogP contribution in [0.25, 0.3) is 0 Å². The maximum absolute atomic E-state index is 13.2. The summed E-state index contributed by atoms with van der Waals surface area (Å²) in [6, 6.07) is 3.19. The van der Waals surface area contributed by atoms with Gasteiger partial charge >= 0.3 is 0 Å². The van der Waals surface area contributed by atoms with Crippen LogP contribution in [0.5, 0.6) is 0 Å². The zero-order chi connectivity index (χ0) is 12.7. The van der Waals surface area contributed by atoms with E-state index in [9.17, 15) is 13.6 Å². The molecule has 0 heterocycles. The van der Waals surface area contributed by atoms with Gasteiger partial charge in [0.25, 0.3) is 0 Å². The average Bonchev–Trinajstić information content (AvgIpc) is 2.31. The predicted molar refractivity (Wildman–Crippen MR) is 61.4 cm³/mol. The van der Waals surface area contributed by atoms with Crippen molar-refractivity contribution in [1.82, 2.24) is 10.6 Å². The standard InChI is InChI=1S/C12H16F2N2O/c1-15-6-2-3-12(17)16-8-9-7-10(13)4-5-11(9)14/h4-5,7,15H,2-3,6,8H2,1H3,(H,16,17). The van der Waals surface area contributed by atoms with Crippen LogP contribution in [0.4, 0.5) is 8.78 Å². The van der Waals surface area contributed by atoms with Crippen LogP contribution >= 0.6 is 0 Å². The molecule has 17 heavy (non-hydrogen) atoms. The summed E-state index contributed by atoms with van der Waals surface area (Å²) >= 11 is 0. The fourth-order valence-corrected chi connectivity index (χ4v) is 1.39. The van der Waals surface area contributed by atoms with Gasteiger partial charge in [-0.2, -0.15) is 0 Å². The molecule has 3 nitrogen and oxygen atoms in total. The van der Waals surface area contributed by atoms with Crippen LogP contribution in [-0.4, -0.2) is 19.5 Å². The van der Waals surface area contributed by atoms with Crippen molar-refractivity contribution in [2.75, 3.05) is 13.6 Å². The maximum atomic E-state index is 13.2. The number of benzene rings is 1. The Bertz CT molecular complexity index is 383. The molecule has 0 atom stereocenters. The van der Waals surface area contributed by atoms with Crippen LogP contribution in [-0.2, 0) is 11.3 Å². The minimum Gasteiger partial charge on any atom is -0.352 e. The van der Waals surface area contributed by atoms with Gasteiger partial charge in [-0.25, -0.2) is 8.78 Å². The first-order valence-corrected chi connectivity index (χ1v) is 5.48. The second kappa shape index (κ2) is 6.96. The number of nitrogens with one attached hydrogen (secondary N) is 2. The Kier molecular flexibility index (Phi) is 5.56. The molecule has 0 saturated carbocycles. The van der Waals surface area contributed by atoms with Gasteiger partial charge in [0, 0.05) is 18.5 Å². The number of rotatable bonds is 6. The van der Waals surface area contributed by atoms with Crippen molar-refractivity contribution in [2.45, 2.75) is 19.4 Å². The van der Waals surface area contributed by atoms with E-state index in [1.54, 1.807) is 7.05 Å². The van der Waals surface area contributed by atoms with Crippen LogP contribution in [0.1, 0.15) is 18.4 Å². The predicted octanol–water partition coefficient (Wildman–Crippen LogP) is 1.58. The minimum absolute atomic E-state index is 0.0159. The highest BCUT2D eigenvalue weighted by molar-refractivity contribution is 5.75. The molecular weight excluding hydrogens is 226 g/mol. The van der Waals surface area contributed by atoms with Crippen LogP contribution in [0.15, 0.2) is 18.2 Å². The van der Waals surface area contributed by atoms with E-state index in [4.69, 9.17) is 0 Å². The van der Waals surface area contributed by atoms with Crippen molar-refractivity contribution >= 4 is 5.91 Å². The first-order valence-electron chi connectivity index (χ1n) is 5.48. The van der Waals surface area contributed by atoms with E-state index in [2.05, 4.69) is 10.6 Å². The molecular formula is C12H16F2N2O. The Morgan fingerprint density at radius 2 is 2.12 bits per heavy atom. The van der Waals surface area contributed by atoms with E-state index >= 15 is 0 Å². The third kappa shape index (κ3) is 4.91. The van der Waals surface area contributed by atoms with Crippen molar-refractivity contribution in [2.24, 2.45) is 0 Å². The molecule has 5 heteroatoms. The van der Waals surface area contributed by atoms with Gasteiger partial charge in [-0.05, 0) is 38.2 Å². The number of amides is 1. The summed E-state index contributed by atoms with van der Waals surface area (Å²) in [4.78, 5) is 11.3. The molecule has 2 N–H and O–H groups in total. The summed E-state index contributed by atoms with van der Waals surface area (Å²) in [6.45, 7) is 0.768. The first kappa shape index (κ1) is 13.6. The Morgan fingerprint density at radius 3 is 2.82 bits per heavy atom. The molecule has 1 amide bonds. The summed E-state index contributed by atoms with van der Waals surface area (Å²) in [5, 5.41) is 5.48. The van der Waals surface area contributed by atoms with Crippen LogP contribution in [0.2, 0.25) is 0 Å². The van der Waals surface area contributed by atoms with Gasteiger partial charge in [0.2, 0.25) is 5.91 Å². The summed E-state index contributed by atoms with van der Waals surface area (Å²) < 4.78 is 26.0. The fourth-order valence-electron chi connectivity index (χ4n) is 1.39. The summed E-state index contributed by atoms with van der Waals surface area (Å²) in [5.41, 5.74) is 0.159. The van der Waals surface area contributed by atoms with Crippen LogP contribution in [0, 0.1) is 11.6 Å². The average molecular weight is 242 g/mol. The Hall–Kier alpha value is -1.49. The molecule has 0 aliphatic carbocycles. The number of hydrogen-bond acceptors (Lipinski definition) is 2. The Balaban J connectivity index is 2.39. The lowest BCUT2D eigenvalue weighted by Gasteiger charge is -2.06. The second-order valence-electron chi connectivity index (χ2n) is 3.72. The minimum atomic E-state index is -0.512. The lowest BCUT2D eigenvalue weighted by atomic mass is 10.2. The number of carbonyl (C=O) groups excluding carboxylic acids is 1. The Morgan fingerprint density at radius 1 is 1.35 bits per heavy atom. The van der Waals surface area contributed by atoms with Crippen LogP contribution in [0.3, 0.4) is 0 Å². The molecule has 0 aliphatic rings. The highest BCUT2D eigenvalue weighted by atomic mass is 19.1. The SMILES string of the molecule is CNCCCC(=O)NCc1cc(F)ccc1F. The van der Waals surface area contributed by atoms with Gasteiger partial charge in [0.1, 0.15) is 11.6 Å². The van der Waals surface area contributed by atoms with Crippen molar-refractivity contribution in [3.05, 3.63) is 35.4 Å². The van der Waals surface area contributed by atoms with Crippen LogP contribution < -0.4 is 10.6 Å². The quantitative estimate of drug-likeness (QED) is 0.744. The van der Waals surface area contributed by atoms with Crippen molar-refractivity contribution in [1.29, 1.82) is 0 Å². The molecule has 1 aromatic carbocycles.